The Morgan fingerprint density at radius 1 is 1.11 bits per heavy atom. The Morgan fingerprint density at radius 2 is 1.89 bits per heavy atom. The van der Waals surface area contributed by atoms with Crippen LogP contribution >= 0.6 is 23.5 Å². The highest BCUT2D eigenvalue weighted by Crippen LogP contribution is 2.28. The Hall–Kier alpha value is -2.46. The van der Waals surface area contributed by atoms with Crippen molar-refractivity contribution in [2.75, 3.05) is 5.75 Å². The second-order valence-electron chi connectivity index (χ2n) is 5.98. The molecule has 3 heterocycles. The number of hydrogen-bond donors (Lipinski definition) is 0. The van der Waals surface area contributed by atoms with E-state index in [1.54, 1.807) is 53.5 Å². The van der Waals surface area contributed by atoms with Crippen molar-refractivity contribution in [3.63, 3.8) is 0 Å². The van der Waals surface area contributed by atoms with Gasteiger partial charge < -0.3 is 10.1 Å². The molecule has 3 rings (SSSR count). The minimum atomic E-state index is -0.388. The number of imidazole rings is 1. The largest absolute Gasteiger partial charge is 0.358 e. The van der Waals surface area contributed by atoms with Gasteiger partial charge in [-0.25, -0.2) is 19.5 Å². The molecule has 0 amide bonds. The Morgan fingerprint density at radius 3 is 2.64 bits per heavy atom. The first-order chi connectivity index (χ1) is 13.6. The predicted molar refractivity (Wildman–Crippen MR) is 110 cm³/mol. The molecular formula is C18H20N6O2S2. The molecule has 0 fully saturated rings. The number of rotatable bonds is 9. The maximum atomic E-state index is 11.1. The van der Waals surface area contributed by atoms with Crippen LogP contribution in [-0.4, -0.2) is 35.2 Å². The van der Waals surface area contributed by atoms with Gasteiger partial charge in [-0.15, -0.1) is 11.8 Å². The summed E-state index contributed by atoms with van der Waals surface area (Å²) in [5, 5.41) is 11.8. The lowest BCUT2D eigenvalue weighted by molar-refractivity contribution is -0.392. The summed E-state index contributed by atoms with van der Waals surface area (Å²) in [6.45, 7) is 4.43. The van der Waals surface area contributed by atoms with E-state index in [1.165, 1.54) is 11.1 Å². The SMILES string of the molecule is Cc1c(SCCCn2c([N+](=O)[O-])cnc2C)ccnc1CSc1ncccn1. The van der Waals surface area contributed by atoms with Gasteiger partial charge >= 0.3 is 5.82 Å². The third-order valence-corrected chi connectivity index (χ3v) is 6.28. The molecule has 0 radical (unpaired) electrons. The summed E-state index contributed by atoms with van der Waals surface area (Å²) in [4.78, 5) is 28.8. The molecule has 0 aliphatic carbocycles. The van der Waals surface area contributed by atoms with Crippen LogP contribution in [0.15, 0.2) is 47.0 Å². The predicted octanol–water partition coefficient (Wildman–Crippen LogP) is 4.07. The molecule has 28 heavy (non-hydrogen) atoms. The molecule has 3 aromatic heterocycles. The van der Waals surface area contributed by atoms with Crippen LogP contribution in [0.4, 0.5) is 5.82 Å². The summed E-state index contributed by atoms with van der Waals surface area (Å²) in [6.07, 6.45) is 7.41. The normalized spacial score (nSPS) is 10.9. The molecule has 0 aromatic carbocycles. The van der Waals surface area contributed by atoms with Gasteiger partial charge in [-0.2, -0.15) is 0 Å². The zero-order valence-corrected chi connectivity index (χ0v) is 17.2. The number of aromatic nitrogens is 5. The molecule has 146 valence electrons. The Bertz CT molecular complexity index is 949. The first-order valence-corrected chi connectivity index (χ1v) is 10.7. The molecule has 0 aliphatic heterocycles. The average molecular weight is 417 g/mol. The molecule has 3 aromatic rings. The smallest absolute Gasteiger partial charge is 0.342 e. The van der Waals surface area contributed by atoms with Crippen molar-refractivity contribution in [3.05, 3.63) is 64.1 Å². The molecule has 0 saturated carbocycles. The average Bonchev–Trinajstić information content (AvgIpc) is 3.07. The summed E-state index contributed by atoms with van der Waals surface area (Å²) in [7, 11) is 0. The molecule has 0 unspecified atom stereocenters. The first-order valence-electron chi connectivity index (χ1n) is 8.70. The fraction of sp³-hybridized carbons (Fsp3) is 0.333. The van der Waals surface area contributed by atoms with Crippen LogP contribution in [-0.2, 0) is 12.3 Å². The molecule has 0 atom stereocenters. The van der Waals surface area contributed by atoms with Crippen molar-refractivity contribution in [1.82, 2.24) is 24.5 Å². The number of nitro groups is 1. The van der Waals surface area contributed by atoms with Gasteiger partial charge in [0, 0.05) is 41.9 Å². The third-order valence-electron chi connectivity index (χ3n) is 4.14. The standard InChI is InChI=1S/C18H20N6O2S2/c1-13-15(12-28-18-20-6-3-7-21-18)19-8-5-16(13)27-10-4-9-23-14(2)22-11-17(23)24(25)26/h3,5-8,11H,4,9-10,12H2,1-2H3. The van der Waals surface area contributed by atoms with Crippen molar-refractivity contribution >= 4 is 29.3 Å². The zero-order chi connectivity index (χ0) is 19.9. The van der Waals surface area contributed by atoms with Crippen LogP contribution in [0, 0.1) is 24.0 Å². The Kier molecular flexibility index (Phi) is 6.99. The third kappa shape index (κ3) is 5.08. The lowest BCUT2D eigenvalue weighted by atomic mass is 10.2. The van der Waals surface area contributed by atoms with E-state index in [-0.39, 0.29) is 10.7 Å². The molecule has 0 aliphatic rings. The van der Waals surface area contributed by atoms with Crippen LogP contribution in [0.25, 0.3) is 0 Å². The Balaban J connectivity index is 1.55. The van der Waals surface area contributed by atoms with E-state index in [0.717, 1.165) is 28.6 Å². The summed E-state index contributed by atoms with van der Waals surface area (Å²) in [6, 6.07) is 3.81. The quantitative estimate of drug-likeness (QED) is 0.169. The Labute approximate surface area is 171 Å². The maximum Gasteiger partial charge on any atom is 0.342 e. The van der Waals surface area contributed by atoms with E-state index in [0.29, 0.717) is 18.1 Å². The van der Waals surface area contributed by atoms with Crippen LogP contribution in [0.1, 0.15) is 23.5 Å². The van der Waals surface area contributed by atoms with Crippen LogP contribution in [0.2, 0.25) is 0 Å². The van der Waals surface area contributed by atoms with Crippen molar-refractivity contribution < 1.29 is 4.92 Å². The lowest BCUT2D eigenvalue weighted by Gasteiger charge is -2.10. The van der Waals surface area contributed by atoms with Gasteiger partial charge in [0.2, 0.25) is 0 Å². The van der Waals surface area contributed by atoms with Gasteiger partial charge in [0.25, 0.3) is 0 Å². The number of nitrogens with zero attached hydrogens (tertiary/aromatic N) is 6. The zero-order valence-electron chi connectivity index (χ0n) is 15.6. The van der Waals surface area contributed by atoms with E-state index in [9.17, 15) is 10.1 Å². The number of aryl methyl sites for hydroxylation is 1. The van der Waals surface area contributed by atoms with Crippen molar-refractivity contribution in [1.29, 1.82) is 0 Å². The maximum absolute atomic E-state index is 11.1. The summed E-state index contributed by atoms with van der Waals surface area (Å²) >= 11 is 3.30. The van der Waals surface area contributed by atoms with Gasteiger partial charge in [-0.05, 0) is 36.0 Å². The number of thioether (sulfide) groups is 2. The second kappa shape index (κ2) is 9.65. The summed E-state index contributed by atoms with van der Waals surface area (Å²) < 4.78 is 1.65. The van der Waals surface area contributed by atoms with E-state index in [2.05, 4.69) is 26.9 Å². The van der Waals surface area contributed by atoms with E-state index in [4.69, 9.17) is 0 Å². The van der Waals surface area contributed by atoms with Gasteiger partial charge in [-0.3, -0.25) is 4.98 Å². The molecule has 0 spiro atoms. The minimum absolute atomic E-state index is 0.0463. The molecule has 0 N–H and O–H groups in total. The molecule has 8 nitrogen and oxygen atoms in total. The highest BCUT2D eigenvalue weighted by molar-refractivity contribution is 7.99. The monoisotopic (exact) mass is 416 g/mol. The van der Waals surface area contributed by atoms with Gasteiger partial charge in [0.1, 0.15) is 6.20 Å². The van der Waals surface area contributed by atoms with E-state index in [1.807, 2.05) is 12.3 Å². The van der Waals surface area contributed by atoms with Crippen LogP contribution in [0.5, 0.6) is 0 Å². The van der Waals surface area contributed by atoms with Crippen LogP contribution < -0.4 is 0 Å². The van der Waals surface area contributed by atoms with Gasteiger partial charge in [-0.1, -0.05) is 11.8 Å². The van der Waals surface area contributed by atoms with Gasteiger partial charge in [0.05, 0.1) is 12.2 Å². The summed E-state index contributed by atoms with van der Waals surface area (Å²) in [5.41, 5.74) is 2.17. The highest BCUT2D eigenvalue weighted by atomic mass is 32.2. The van der Waals surface area contributed by atoms with Crippen molar-refractivity contribution in [3.8, 4) is 0 Å². The first kappa shape index (κ1) is 20.3. The van der Waals surface area contributed by atoms with E-state index < -0.39 is 0 Å². The van der Waals surface area contributed by atoms with Crippen LogP contribution in [0.3, 0.4) is 0 Å². The molecule has 0 saturated heterocycles. The molecule has 0 bridgehead atoms. The minimum Gasteiger partial charge on any atom is -0.358 e. The lowest BCUT2D eigenvalue weighted by Crippen LogP contribution is -2.06. The molecular weight excluding hydrogens is 396 g/mol. The fourth-order valence-corrected chi connectivity index (χ4v) is 4.45. The fourth-order valence-electron chi connectivity index (χ4n) is 2.64. The summed E-state index contributed by atoms with van der Waals surface area (Å²) in [5.74, 6) is 2.28. The number of hydrogen-bond acceptors (Lipinski definition) is 8. The molecule has 10 heteroatoms. The van der Waals surface area contributed by atoms with Crippen molar-refractivity contribution in [2.24, 2.45) is 0 Å². The van der Waals surface area contributed by atoms with Gasteiger partial charge in [0.15, 0.2) is 11.0 Å². The second-order valence-corrected chi connectivity index (χ2v) is 8.05. The van der Waals surface area contributed by atoms with E-state index >= 15 is 0 Å². The topological polar surface area (TPSA) is 99.6 Å². The highest BCUT2D eigenvalue weighted by Gasteiger charge is 2.16. The van der Waals surface area contributed by atoms with Crippen molar-refractivity contribution in [2.45, 2.75) is 42.6 Å². The number of pyridine rings is 1.